The van der Waals surface area contributed by atoms with Gasteiger partial charge in [0.2, 0.25) is 16.0 Å². The van der Waals surface area contributed by atoms with Gasteiger partial charge in [0.05, 0.1) is 10.4 Å². The van der Waals surface area contributed by atoms with E-state index in [1.54, 1.807) is 30.6 Å². The number of pyridine rings is 1. The Morgan fingerprint density at radius 3 is 2.46 bits per heavy atom. The normalized spacial score (nSPS) is 11.5. The van der Waals surface area contributed by atoms with Gasteiger partial charge in [-0.1, -0.05) is 18.2 Å². The Balaban J connectivity index is 1.72. The first kappa shape index (κ1) is 17.8. The van der Waals surface area contributed by atoms with E-state index in [4.69, 9.17) is 10.9 Å². The molecule has 140 valence electrons. The first-order valence-corrected chi connectivity index (χ1v) is 9.82. The molecule has 0 saturated carbocycles. The van der Waals surface area contributed by atoms with Gasteiger partial charge in [0.1, 0.15) is 5.82 Å². The van der Waals surface area contributed by atoms with Crippen molar-refractivity contribution in [1.82, 2.24) is 15.0 Å². The fraction of sp³-hybridized carbons (Fsp3) is 0. The quantitative estimate of drug-likeness (QED) is 0.485. The number of hydrogen-bond donors (Lipinski definition) is 3. The van der Waals surface area contributed by atoms with Crippen molar-refractivity contribution in [1.29, 1.82) is 0 Å². The Labute approximate surface area is 161 Å². The zero-order valence-electron chi connectivity index (χ0n) is 14.6. The number of nitrogens with one attached hydrogen (secondary N) is 1. The second-order valence-corrected chi connectivity index (χ2v) is 7.66. The van der Waals surface area contributed by atoms with Crippen LogP contribution in [0.4, 0.5) is 17.5 Å². The lowest BCUT2D eigenvalue weighted by atomic mass is 10.0. The minimum atomic E-state index is -3.74. The molecule has 0 aliphatic rings. The van der Waals surface area contributed by atoms with Crippen molar-refractivity contribution in [3.8, 4) is 11.1 Å². The number of benzene rings is 2. The van der Waals surface area contributed by atoms with Gasteiger partial charge in [-0.2, -0.15) is 0 Å². The van der Waals surface area contributed by atoms with Gasteiger partial charge in [0.15, 0.2) is 0 Å². The second-order valence-electron chi connectivity index (χ2n) is 6.10. The van der Waals surface area contributed by atoms with Gasteiger partial charge >= 0.3 is 0 Å². The highest BCUT2D eigenvalue weighted by atomic mass is 32.2. The number of para-hydroxylation sites is 1. The van der Waals surface area contributed by atoms with E-state index in [0.717, 1.165) is 22.0 Å². The first-order chi connectivity index (χ1) is 13.4. The molecule has 0 fully saturated rings. The average molecular weight is 392 g/mol. The van der Waals surface area contributed by atoms with E-state index in [2.05, 4.69) is 20.3 Å². The number of sulfonamides is 1. The van der Waals surface area contributed by atoms with Crippen LogP contribution in [0, 0.1) is 0 Å². The van der Waals surface area contributed by atoms with Gasteiger partial charge in [-0.3, -0.25) is 0 Å². The van der Waals surface area contributed by atoms with Crippen molar-refractivity contribution < 1.29 is 8.42 Å². The summed E-state index contributed by atoms with van der Waals surface area (Å²) in [5.74, 6) is 0.808. The van der Waals surface area contributed by atoms with Crippen molar-refractivity contribution in [3.05, 3.63) is 67.0 Å². The zero-order valence-corrected chi connectivity index (χ0v) is 15.4. The number of nitrogens with two attached hydrogens (primary N) is 2. The van der Waals surface area contributed by atoms with E-state index in [1.807, 2.05) is 24.3 Å². The molecule has 2 heterocycles. The summed E-state index contributed by atoms with van der Waals surface area (Å²) in [5, 5.41) is 9.07. The maximum absolute atomic E-state index is 11.4. The number of anilines is 3. The lowest BCUT2D eigenvalue weighted by molar-refractivity contribution is 0.598. The highest BCUT2D eigenvalue weighted by Gasteiger charge is 2.10. The molecule has 0 saturated heterocycles. The van der Waals surface area contributed by atoms with Gasteiger partial charge in [0, 0.05) is 29.0 Å². The Morgan fingerprint density at radius 2 is 1.75 bits per heavy atom. The summed E-state index contributed by atoms with van der Waals surface area (Å²) in [6.45, 7) is 0. The van der Waals surface area contributed by atoms with Crippen LogP contribution in [0.5, 0.6) is 0 Å². The largest absolute Gasteiger partial charge is 0.384 e. The monoisotopic (exact) mass is 392 g/mol. The molecule has 0 bridgehead atoms. The van der Waals surface area contributed by atoms with Crippen LogP contribution < -0.4 is 16.2 Å². The van der Waals surface area contributed by atoms with Crippen LogP contribution in [0.2, 0.25) is 0 Å². The molecule has 28 heavy (non-hydrogen) atoms. The fourth-order valence-electron chi connectivity index (χ4n) is 2.82. The second kappa shape index (κ2) is 6.87. The molecule has 0 atom stereocenters. The van der Waals surface area contributed by atoms with Crippen LogP contribution in [0.1, 0.15) is 0 Å². The van der Waals surface area contributed by atoms with Gasteiger partial charge in [-0.25, -0.2) is 28.5 Å². The van der Waals surface area contributed by atoms with Crippen molar-refractivity contribution in [2.45, 2.75) is 4.90 Å². The predicted molar refractivity (Wildman–Crippen MR) is 108 cm³/mol. The summed E-state index contributed by atoms with van der Waals surface area (Å²) in [5.41, 5.74) is 9.01. The van der Waals surface area contributed by atoms with E-state index in [1.165, 1.54) is 12.1 Å². The minimum absolute atomic E-state index is 0.0371. The molecule has 2 aromatic carbocycles. The van der Waals surface area contributed by atoms with Crippen LogP contribution in [-0.4, -0.2) is 23.4 Å². The third kappa shape index (κ3) is 3.61. The summed E-state index contributed by atoms with van der Waals surface area (Å²) in [6.07, 6.45) is 3.37. The van der Waals surface area contributed by atoms with Crippen molar-refractivity contribution in [2.24, 2.45) is 5.14 Å². The maximum Gasteiger partial charge on any atom is 0.238 e. The molecule has 0 aliphatic heterocycles. The molecular weight excluding hydrogens is 376 g/mol. The van der Waals surface area contributed by atoms with Gasteiger partial charge in [0.25, 0.3) is 0 Å². The highest BCUT2D eigenvalue weighted by Crippen LogP contribution is 2.28. The molecule has 4 aromatic rings. The van der Waals surface area contributed by atoms with E-state index in [0.29, 0.717) is 17.5 Å². The van der Waals surface area contributed by atoms with Crippen LogP contribution >= 0.6 is 0 Å². The van der Waals surface area contributed by atoms with Crippen LogP contribution in [0.25, 0.3) is 22.0 Å². The van der Waals surface area contributed by atoms with Crippen LogP contribution in [0.3, 0.4) is 0 Å². The number of nitrogen functional groups attached to an aromatic ring is 1. The Bertz CT molecular complexity index is 1270. The summed E-state index contributed by atoms with van der Waals surface area (Å²) in [4.78, 5) is 13.0. The number of nitrogens with zero attached hydrogens (tertiary/aromatic N) is 3. The van der Waals surface area contributed by atoms with Crippen molar-refractivity contribution in [3.63, 3.8) is 0 Å². The third-order valence-electron chi connectivity index (χ3n) is 4.14. The topological polar surface area (TPSA) is 137 Å². The molecule has 2 aromatic heterocycles. The molecule has 4 rings (SSSR count). The molecule has 5 N–H and O–H groups in total. The standard InChI is InChI=1S/C19H16N6O2S/c20-17-10-12(8-9-22-17)16-3-1-2-13-11-23-19(25-18(13)16)24-14-4-6-15(7-5-14)28(21,26)27/h1-11H,(H2,20,22)(H2,21,26,27)(H,23,24,25). The van der Waals surface area contributed by atoms with Crippen LogP contribution in [0.15, 0.2) is 71.9 Å². The molecule has 0 amide bonds. The number of hydrogen-bond acceptors (Lipinski definition) is 7. The zero-order chi connectivity index (χ0) is 19.7. The number of rotatable bonds is 4. The Morgan fingerprint density at radius 1 is 0.964 bits per heavy atom. The third-order valence-corrected chi connectivity index (χ3v) is 5.07. The first-order valence-electron chi connectivity index (χ1n) is 8.28. The fourth-order valence-corrected chi connectivity index (χ4v) is 3.34. The summed E-state index contributed by atoms with van der Waals surface area (Å²) >= 11 is 0. The van der Waals surface area contributed by atoms with Crippen molar-refractivity contribution >= 4 is 38.4 Å². The molecule has 0 radical (unpaired) electrons. The molecule has 0 aliphatic carbocycles. The average Bonchev–Trinajstić information content (AvgIpc) is 2.67. The number of primary sulfonamides is 1. The molecule has 9 heteroatoms. The van der Waals surface area contributed by atoms with Gasteiger partial charge < -0.3 is 11.1 Å². The summed E-state index contributed by atoms with van der Waals surface area (Å²) in [7, 11) is -3.74. The maximum atomic E-state index is 11.4. The smallest absolute Gasteiger partial charge is 0.238 e. The van der Waals surface area contributed by atoms with E-state index < -0.39 is 10.0 Å². The predicted octanol–water partition coefficient (Wildman–Crippen LogP) is 2.67. The highest BCUT2D eigenvalue weighted by molar-refractivity contribution is 7.89. The lowest BCUT2D eigenvalue weighted by Gasteiger charge is -2.09. The Hall–Kier alpha value is -3.56. The SMILES string of the molecule is Nc1cc(-c2cccc3cnc(Nc4ccc(S(N)(=O)=O)cc4)nc23)ccn1. The minimum Gasteiger partial charge on any atom is -0.384 e. The molecule has 0 spiro atoms. The van der Waals surface area contributed by atoms with Gasteiger partial charge in [-0.05, 0) is 42.0 Å². The van der Waals surface area contributed by atoms with Crippen molar-refractivity contribution in [2.75, 3.05) is 11.1 Å². The van der Waals surface area contributed by atoms with E-state index in [-0.39, 0.29) is 4.90 Å². The summed E-state index contributed by atoms with van der Waals surface area (Å²) < 4.78 is 22.7. The number of fused-ring (bicyclic) bond motifs is 1. The lowest BCUT2D eigenvalue weighted by Crippen LogP contribution is -2.11. The van der Waals surface area contributed by atoms with Gasteiger partial charge in [-0.15, -0.1) is 0 Å². The Kier molecular flexibility index (Phi) is 4.38. The number of aromatic nitrogens is 3. The summed E-state index contributed by atoms with van der Waals surface area (Å²) in [6, 6.07) is 15.5. The van der Waals surface area contributed by atoms with E-state index >= 15 is 0 Å². The molecule has 8 nitrogen and oxygen atoms in total. The molecular formula is C19H16N6O2S. The molecule has 0 unspecified atom stereocenters. The van der Waals surface area contributed by atoms with E-state index in [9.17, 15) is 8.42 Å². The van der Waals surface area contributed by atoms with Crippen LogP contribution in [-0.2, 0) is 10.0 Å².